The van der Waals surface area contributed by atoms with Gasteiger partial charge in [0.05, 0.1) is 19.3 Å². The van der Waals surface area contributed by atoms with Crippen LogP contribution in [0, 0.1) is 5.92 Å². The number of carbonyl (C=O) groups is 2. The first kappa shape index (κ1) is 13.8. The van der Waals surface area contributed by atoms with Crippen LogP contribution in [0.25, 0.3) is 0 Å². The number of ether oxygens (including phenoxy) is 1. The van der Waals surface area contributed by atoms with E-state index in [2.05, 4.69) is 5.32 Å². The lowest BCUT2D eigenvalue weighted by Crippen LogP contribution is -2.51. The molecular weight excluding hydrogens is 224 g/mol. The summed E-state index contributed by atoms with van der Waals surface area (Å²) in [4.78, 5) is 24.0. The Hall–Kier alpha value is -1.30. The number of urea groups is 1. The summed E-state index contributed by atoms with van der Waals surface area (Å²) in [5, 5.41) is 11.4. The van der Waals surface area contributed by atoms with Gasteiger partial charge in [0.25, 0.3) is 0 Å². The molecule has 1 fully saturated rings. The van der Waals surface area contributed by atoms with E-state index in [0.29, 0.717) is 26.3 Å². The molecular formula is C11H20N2O4. The Bertz CT molecular complexity index is 283. The summed E-state index contributed by atoms with van der Waals surface area (Å²) in [7, 11) is 0. The molecule has 2 N–H and O–H groups in total. The highest BCUT2D eigenvalue weighted by atomic mass is 16.5. The number of carboxylic acid groups (broad SMARTS) is 1. The lowest BCUT2D eigenvalue weighted by Gasteiger charge is -2.33. The zero-order valence-electron chi connectivity index (χ0n) is 10.3. The molecule has 2 atom stereocenters. The molecule has 2 amide bonds. The molecule has 1 aliphatic heterocycles. The summed E-state index contributed by atoms with van der Waals surface area (Å²) < 4.78 is 5.24. The molecule has 6 nitrogen and oxygen atoms in total. The van der Waals surface area contributed by atoms with Crippen LogP contribution in [0.3, 0.4) is 0 Å². The number of hydrogen-bond donors (Lipinski definition) is 2. The van der Waals surface area contributed by atoms with E-state index >= 15 is 0 Å². The molecule has 1 heterocycles. The molecule has 1 aliphatic rings. The second-order valence-corrected chi connectivity index (χ2v) is 4.51. The molecule has 2 unspecified atom stereocenters. The van der Waals surface area contributed by atoms with Crippen LogP contribution < -0.4 is 5.32 Å². The summed E-state index contributed by atoms with van der Waals surface area (Å²) in [5.41, 5.74) is 0. The summed E-state index contributed by atoms with van der Waals surface area (Å²) in [6.45, 7) is 5.81. The van der Waals surface area contributed by atoms with E-state index in [-0.39, 0.29) is 24.4 Å². The van der Waals surface area contributed by atoms with Crippen LogP contribution in [0.4, 0.5) is 4.79 Å². The van der Waals surface area contributed by atoms with E-state index in [4.69, 9.17) is 9.84 Å². The topological polar surface area (TPSA) is 78.9 Å². The van der Waals surface area contributed by atoms with Crippen molar-refractivity contribution in [3.63, 3.8) is 0 Å². The smallest absolute Gasteiger partial charge is 0.317 e. The van der Waals surface area contributed by atoms with Gasteiger partial charge in [-0.05, 0) is 12.8 Å². The van der Waals surface area contributed by atoms with Gasteiger partial charge in [0, 0.05) is 19.5 Å². The normalized spacial score (nSPS) is 22.0. The van der Waals surface area contributed by atoms with Gasteiger partial charge >= 0.3 is 12.0 Å². The second kappa shape index (κ2) is 6.44. The van der Waals surface area contributed by atoms with Gasteiger partial charge < -0.3 is 20.1 Å². The standard InChI is InChI=1S/C11H20N2O4/c1-8(5-10(14)15)6-12-11(16)13-3-4-17-7-9(13)2/h8-9H,3-7H2,1-2H3,(H,12,16)(H,14,15). The summed E-state index contributed by atoms with van der Waals surface area (Å²) in [5.74, 6) is -0.903. The van der Waals surface area contributed by atoms with Gasteiger partial charge in [-0.3, -0.25) is 4.79 Å². The van der Waals surface area contributed by atoms with E-state index in [1.54, 1.807) is 11.8 Å². The van der Waals surface area contributed by atoms with Crippen molar-refractivity contribution in [2.75, 3.05) is 26.3 Å². The van der Waals surface area contributed by atoms with Crippen molar-refractivity contribution in [2.45, 2.75) is 26.3 Å². The van der Waals surface area contributed by atoms with Crippen molar-refractivity contribution in [3.05, 3.63) is 0 Å². The third-order valence-corrected chi connectivity index (χ3v) is 2.75. The van der Waals surface area contributed by atoms with E-state index in [1.807, 2.05) is 6.92 Å². The fourth-order valence-electron chi connectivity index (χ4n) is 1.76. The minimum Gasteiger partial charge on any atom is -0.481 e. The Labute approximate surface area is 101 Å². The van der Waals surface area contributed by atoms with Crippen molar-refractivity contribution < 1.29 is 19.4 Å². The van der Waals surface area contributed by atoms with Gasteiger partial charge in [0.2, 0.25) is 0 Å². The molecule has 1 saturated heterocycles. The predicted molar refractivity (Wildman–Crippen MR) is 61.8 cm³/mol. The quantitative estimate of drug-likeness (QED) is 0.756. The van der Waals surface area contributed by atoms with E-state index in [1.165, 1.54) is 0 Å². The van der Waals surface area contributed by atoms with E-state index in [0.717, 1.165) is 0 Å². The third-order valence-electron chi connectivity index (χ3n) is 2.75. The first-order valence-corrected chi connectivity index (χ1v) is 5.84. The highest BCUT2D eigenvalue weighted by molar-refractivity contribution is 5.74. The third kappa shape index (κ3) is 4.60. The first-order valence-electron chi connectivity index (χ1n) is 5.84. The highest BCUT2D eigenvalue weighted by Crippen LogP contribution is 2.06. The van der Waals surface area contributed by atoms with Gasteiger partial charge in [-0.25, -0.2) is 4.79 Å². The molecule has 98 valence electrons. The SMILES string of the molecule is CC(CNC(=O)N1CCOCC1C)CC(=O)O. The van der Waals surface area contributed by atoms with E-state index in [9.17, 15) is 9.59 Å². The van der Waals surface area contributed by atoms with Crippen molar-refractivity contribution in [1.82, 2.24) is 10.2 Å². The van der Waals surface area contributed by atoms with Gasteiger partial charge in [-0.1, -0.05) is 6.92 Å². The maximum absolute atomic E-state index is 11.8. The Morgan fingerprint density at radius 1 is 1.59 bits per heavy atom. The fraction of sp³-hybridized carbons (Fsp3) is 0.818. The van der Waals surface area contributed by atoms with Crippen molar-refractivity contribution >= 4 is 12.0 Å². The highest BCUT2D eigenvalue weighted by Gasteiger charge is 2.23. The lowest BCUT2D eigenvalue weighted by molar-refractivity contribution is -0.137. The number of nitrogens with one attached hydrogen (secondary N) is 1. The second-order valence-electron chi connectivity index (χ2n) is 4.51. The molecule has 0 spiro atoms. The van der Waals surface area contributed by atoms with Gasteiger partial charge in [0.15, 0.2) is 0 Å². The Morgan fingerprint density at radius 2 is 2.29 bits per heavy atom. The van der Waals surface area contributed by atoms with Crippen LogP contribution in [0.2, 0.25) is 0 Å². The van der Waals surface area contributed by atoms with Gasteiger partial charge in [-0.15, -0.1) is 0 Å². The summed E-state index contributed by atoms with van der Waals surface area (Å²) >= 11 is 0. The Kier molecular flexibility index (Phi) is 5.21. The number of morpholine rings is 1. The van der Waals surface area contributed by atoms with Crippen molar-refractivity contribution in [3.8, 4) is 0 Å². The molecule has 17 heavy (non-hydrogen) atoms. The molecule has 0 bridgehead atoms. The number of carbonyl (C=O) groups excluding carboxylic acids is 1. The maximum Gasteiger partial charge on any atom is 0.317 e. The molecule has 0 aliphatic carbocycles. The van der Waals surface area contributed by atoms with Crippen molar-refractivity contribution in [1.29, 1.82) is 0 Å². The average molecular weight is 244 g/mol. The molecule has 0 aromatic carbocycles. The number of carboxylic acids is 1. The molecule has 6 heteroatoms. The number of aliphatic carboxylic acids is 1. The van der Waals surface area contributed by atoms with Crippen LogP contribution in [0.1, 0.15) is 20.3 Å². The minimum atomic E-state index is -0.841. The Balaban J connectivity index is 2.30. The van der Waals surface area contributed by atoms with Crippen molar-refractivity contribution in [2.24, 2.45) is 5.92 Å². The molecule has 0 aromatic rings. The first-order chi connectivity index (χ1) is 8.00. The maximum atomic E-state index is 11.8. The van der Waals surface area contributed by atoms with Crippen LogP contribution in [-0.4, -0.2) is 54.4 Å². The monoisotopic (exact) mass is 244 g/mol. The van der Waals surface area contributed by atoms with E-state index < -0.39 is 5.97 Å². The fourth-order valence-corrected chi connectivity index (χ4v) is 1.76. The average Bonchev–Trinajstić information content (AvgIpc) is 2.25. The summed E-state index contributed by atoms with van der Waals surface area (Å²) in [6.07, 6.45) is 0.0684. The van der Waals surface area contributed by atoms with Crippen LogP contribution in [-0.2, 0) is 9.53 Å². The number of rotatable bonds is 4. The van der Waals surface area contributed by atoms with Gasteiger partial charge in [0.1, 0.15) is 0 Å². The van der Waals surface area contributed by atoms with Crippen LogP contribution in [0.15, 0.2) is 0 Å². The minimum absolute atomic E-state index is 0.0622. The van der Waals surface area contributed by atoms with Gasteiger partial charge in [-0.2, -0.15) is 0 Å². The molecule has 0 aromatic heterocycles. The zero-order chi connectivity index (χ0) is 12.8. The molecule has 0 saturated carbocycles. The summed E-state index contributed by atoms with van der Waals surface area (Å²) in [6, 6.07) is -0.0726. The zero-order valence-corrected chi connectivity index (χ0v) is 10.3. The lowest BCUT2D eigenvalue weighted by atomic mass is 10.1. The number of hydrogen-bond acceptors (Lipinski definition) is 3. The van der Waals surface area contributed by atoms with Crippen LogP contribution >= 0.6 is 0 Å². The molecule has 1 rings (SSSR count). The number of nitrogens with zero attached hydrogens (tertiary/aromatic N) is 1. The van der Waals surface area contributed by atoms with Crippen LogP contribution in [0.5, 0.6) is 0 Å². The number of amides is 2. The largest absolute Gasteiger partial charge is 0.481 e. The Morgan fingerprint density at radius 3 is 2.88 bits per heavy atom. The predicted octanol–water partition coefficient (Wildman–Crippen LogP) is 0.527. The molecule has 0 radical (unpaired) electrons.